The van der Waals surface area contributed by atoms with Gasteiger partial charge in [0, 0.05) is 13.1 Å². The van der Waals surface area contributed by atoms with Crippen LogP contribution in [0.2, 0.25) is 0 Å². The van der Waals surface area contributed by atoms with Gasteiger partial charge in [-0.3, -0.25) is 9.69 Å². The molecule has 1 unspecified atom stereocenters. The number of ether oxygens (including phenoxy) is 1. The maximum Gasteiger partial charge on any atom is 0.324 e. The number of aromatic hydroxyl groups is 1. The van der Waals surface area contributed by atoms with Crippen molar-refractivity contribution in [3.63, 3.8) is 0 Å². The van der Waals surface area contributed by atoms with E-state index in [2.05, 4.69) is 29.2 Å². The lowest BCUT2D eigenvalue weighted by atomic mass is 10.0. The van der Waals surface area contributed by atoms with Crippen LogP contribution in [0.25, 0.3) is 0 Å². The van der Waals surface area contributed by atoms with Crippen LogP contribution in [-0.4, -0.2) is 22.0 Å². The van der Waals surface area contributed by atoms with Crippen molar-refractivity contribution in [3.8, 4) is 5.75 Å². The van der Waals surface area contributed by atoms with Crippen molar-refractivity contribution in [2.75, 3.05) is 0 Å². The molecule has 4 aromatic rings. The van der Waals surface area contributed by atoms with Gasteiger partial charge >= 0.3 is 5.97 Å². The summed E-state index contributed by atoms with van der Waals surface area (Å²) in [6.07, 6.45) is 0.480. The number of phenols is 1. The SMILES string of the molecule is O=C(OCc1ccccc1)C(Cc1ccc(O)cc1)N(Cc1ccccc1)Cc1ccccc1. The molecule has 4 rings (SSSR count). The van der Waals surface area contributed by atoms with Gasteiger partial charge in [-0.2, -0.15) is 0 Å². The summed E-state index contributed by atoms with van der Waals surface area (Å²) in [5.41, 5.74) is 4.18. The number of hydrogen-bond donors (Lipinski definition) is 1. The molecule has 0 fully saturated rings. The van der Waals surface area contributed by atoms with Gasteiger partial charge in [0.1, 0.15) is 18.4 Å². The van der Waals surface area contributed by atoms with Crippen molar-refractivity contribution in [1.29, 1.82) is 0 Å². The Morgan fingerprint density at radius 1 is 0.647 bits per heavy atom. The summed E-state index contributed by atoms with van der Waals surface area (Å²) >= 11 is 0. The Hall–Kier alpha value is -3.89. The quantitative estimate of drug-likeness (QED) is 0.312. The molecule has 34 heavy (non-hydrogen) atoms. The summed E-state index contributed by atoms with van der Waals surface area (Å²) in [6.45, 7) is 1.45. The van der Waals surface area contributed by atoms with Crippen LogP contribution < -0.4 is 0 Å². The van der Waals surface area contributed by atoms with Crippen molar-refractivity contribution < 1.29 is 14.6 Å². The van der Waals surface area contributed by atoms with Crippen LogP contribution >= 0.6 is 0 Å². The number of benzene rings is 4. The molecular formula is C30H29NO3. The Balaban J connectivity index is 1.61. The lowest BCUT2D eigenvalue weighted by Gasteiger charge is -2.31. The minimum atomic E-state index is -0.492. The van der Waals surface area contributed by atoms with Gasteiger partial charge in [-0.25, -0.2) is 0 Å². The highest BCUT2D eigenvalue weighted by molar-refractivity contribution is 5.76. The molecule has 0 spiro atoms. The molecule has 0 aliphatic rings. The molecule has 0 bridgehead atoms. The number of esters is 1. The number of nitrogens with zero attached hydrogens (tertiary/aromatic N) is 1. The normalized spacial score (nSPS) is 11.8. The molecule has 4 nitrogen and oxygen atoms in total. The molecule has 0 amide bonds. The molecule has 0 heterocycles. The average Bonchev–Trinajstić information content (AvgIpc) is 2.88. The second kappa shape index (κ2) is 11.8. The van der Waals surface area contributed by atoms with Crippen molar-refractivity contribution in [2.24, 2.45) is 0 Å². The van der Waals surface area contributed by atoms with Crippen LogP contribution in [0.15, 0.2) is 115 Å². The van der Waals surface area contributed by atoms with E-state index >= 15 is 0 Å². The number of hydrogen-bond acceptors (Lipinski definition) is 4. The van der Waals surface area contributed by atoms with E-state index in [1.807, 2.05) is 78.9 Å². The minimum absolute atomic E-state index is 0.206. The van der Waals surface area contributed by atoms with E-state index in [0.29, 0.717) is 19.5 Å². The van der Waals surface area contributed by atoms with Gasteiger partial charge in [0.2, 0.25) is 0 Å². The molecule has 0 aromatic heterocycles. The summed E-state index contributed by atoms with van der Waals surface area (Å²) in [7, 11) is 0. The van der Waals surface area contributed by atoms with E-state index in [1.165, 1.54) is 0 Å². The largest absolute Gasteiger partial charge is 0.508 e. The zero-order valence-corrected chi connectivity index (χ0v) is 19.1. The Morgan fingerprint density at radius 3 is 1.62 bits per heavy atom. The Kier molecular flexibility index (Phi) is 8.09. The van der Waals surface area contributed by atoms with Crippen molar-refractivity contribution in [2.45, 2.75) is 32.2 Å². The first-order chi connectivity index (χ1) is 16.7. The van der Waals surface area contributed by atoms with Gasteiger partial charge in [-0.1, -0.05) is 103 Å². The summed E-state index contributed by atoms with van der Waals surface area (Å²) in [4.78, 5) is 15.7. The maximum absolute atomic E-state index is 13.5. The van der Waals surface area contributed by atoms with E-state index in [9.17, 15) is 9.90 Å². The highest BCUT2D eigenvalue weighted by Gasteiger charge is 2.28. The highest BCUT2D eigenvalue weighted by atomic mass is 16.5. The molecule has 1 N–H and O–H groups in total. The molecular weight excluding hydrogens is 422 g/mol. The van der Waals surface area contributed by atoms with E-state index < -0.39 is 6.04 Å². The molecule has 4 aromatic carbocycles. The number of rotatable bonds is 10. The Labute approximate surface area is 201 Å². The first-order valence-electron chi connectivity index (χ1n) is 11.5. The third-order valence-corrected chi connectivity index (χ3v) is 5.76. The van der Waals surface area contributed by atoms with Gasteiger partial charge in [0.15, 0.2) is 0 Å². The summed E-state index contributed by atoms with van der Waals surface area (Å²) < 4.78 is 5.81. The molecule has 0 radical (unpaired) electrons. The summed E-state index contributed by atoms with van der Waals surface area (Å²) in [6, 6.07) is 36.6. The zero-order chi connectivity index (χ0) is 23.6. The lowest BCUT2D eigenvalue weighted by molar-refractivity contribution is -0.152. The van der Waals surface area contributed by atoms with E-state index in [-0.39, 0.29) is 18.3 Å². The molecule has 0 aliphatic heterocycles. The van der Waals surface area contributed by atoms with Crippen LogP contribution in [0.1, 0.15) is 22.3 Å². The summed E-state index contributed by atoms with van der Waals surface area (Å²) in [5, 5.41) is 9.71. The fraction of sp³-hybridized carbons (Fsp3) is 0.167. The number of carbonyl (C=O) groups is 1. The van der Waals surface area contributed by atoms with Gasteiger partial charge in [-0.15, -0.1) is 0 Å². The number of phenolic OH excluding ortho intramolecular Hbond substituents is 1. The van der Waals surface area contributed by atoms with Crippen molar-refractivity contribution in [1.82, 2.24) is 4.90 Å². The van der Waals surface area contributed by atoms with Crippen LogP contribution in [0.4, 0.5) is 0 Å². The Bertz CT molecular complexity index is 1100. The zero-order valence-electron chi connectivity index (χ0n) is 19.1. The van der Waals surface area contributed by atoms with Crippen LogP contribution in [0.3, 0.4) is 0 Å². The third kappa shape index (κ3) is 6.80. The third-order valence-electron chi connectivity index (χ3n) is 5.76. The molecule has 172 valence electrons. The second-order valence-corrected chi connectivity index (χ2v) is 8.36. The highest BCUT2D eigenvalue weighted by Crippen LogP contribution is 2.20. The summed E-state index contributed by atoms with van der Waals surface area (Å²) in [5.74, 6) is -0.0545. The number of carbonyl (C=O) groups excluding carboxylic acids is 1. The molecule has 4 heteroatoms. The van der Waals surface area contributed by atoms with Gasteiger partial charge < -0.3 is 9.84 Å². The van der Waals surface area contributed by atoms with E-state index in [4.69, 9.17) is 4.74 Å². The first-order valence-corrected chi connectivity index (χ1v) is 11.5. The van der Waals surface area contributed by atoms with E-state index in [1.54, 1.807) is 12.1 Å². The Morgan fingerprint density at radius 2 is 1.12 bits per heavy atom. The maximum atomic E-state index is 13.5. The smallest absolute Gasteiger partial charge is 0.324 e. The molecule has 0 saturated carbocycles. The van der Waals surface area contributed by atoms with E-state index in [0.717, 1.165) is 22.3 Å². The van der Waals surface area contributed by atoms with Crippen molar-refractivity contribution in [3.05, 3.63) is 138 Å². The fourth-order valence-corrected chi connectivity index (χ4v) is 3.95. The minimum Gasteiger partial charge on any atom is -0.508 e. The predicted molar refractivity (Wildman–Crippen MR) is 134 cm³/mol. The van der Waals surface area contributed by atoms with Crippen LogP contribution in [0.5, 0.6) is 5.75 Å². The molecule has 0 aliphatic carbocycles. The predicted octanol–water partition coefficient (Wildman–Crippen LogP) is 5.75. The van der Waals surface area contributed by atoms with Crippen molar-refractivity contribution >= 4 is 5.97 Å². The monoisotopic (exact) mass is 451 g/mol. The average molecular weight is 452 g/mol. The van der Waals surface area contributed by atoms with Crippen LogP contribution in [0, 0.1) is 0 Å². The molecule has 1 atom stereocenters. The topological polar surface area (TPSA) is 49.8 Å². The first kappa shape index (κ1) is 23.3. The van der Waals surface area contributed by atoms with Crippen LogP contribution in [-0.2, 0) is 35.6 Å². The standard InChI is InChI=1S/C30H29NO3/c32-28-18-16-24(17-19-28)20-29(30(33)34-23-27-14-8-3-9-15-27)31(21-25-10-4-1-5-11-25)22-26-12-6-2-7-13-26/h1-19,29,32H,20-23H2. The van der Waals surface area contributed by atoms with Gasteiger partial charge in [0.05, 0.1) is 0 Å². The molecule has 0 saturated heterocycles. The fourth-order valence-electron chi connectivity index (χ4n) is 3.95. The lowest BCUT2D eigenvalue weighted by Crippen LogP contribution is -2.43. The van der Waals surface area contributed by atoms with Gasteiger partial charge in [0.25, 0.3) is 0 Å². The second-order valence-electron chi connectivity index (χ2n) is 8.36. The van der Waals surface area contributed by atoms with Gasteiger partial charge in [-0.05, 0) is 40.8 Å².